The first-order valence-corrected chi connectivity index (χ1v) is 9.91. The largest absolute Gasteiger partial charge is 0.370 e. The first-order chi connectivity index (χ1) is 12.1. The number of fused-ring (bicyclic) bond motifs is 1. The normalized spacial score (nSPS) is 13.9. The van der Waals surface area contributed by atoms with E-state index in [4.69, 9.17) is 5.10 Å². The Morgan fingerprint density at radius 1 is 1.04 bits per heavy atom. The van der Waals surface area contributed by atoms with E-state index in [1.165, 1.54) is 38.7 Å². The maximum atomic E-state index is 5.05. The van der Waals surface area contributed by atoms with Crippen LogP contribution >= 0.6 is 22.6 Å². The molecule has 1 N–H and O–H groups in total. The molecule has 1 aromatic heterocycles. The molecule has 0 spiro atoms. The third-order valence-corrected chi connectivity index (χ3v) is 5.93. The van der Waals surface area contributed by atoms with Crippen molar-refractivity contribution in [1.82, 2.24) is 9.78 Å². The lowest BCUT2D eigenvalue weighted by Crippen LogP contribution is -2.07. The Morgan fingerprint density at radius 2 is 1.88 bits per heavy atom. The van der Waals surface area contributed by atoms with Gasteiger partial charge in [-0.25, -0.2) is 4.68 Å². The molecular formula is C21H22IN3. The monoisotopic (exact) mass is 443 g/mol. The lowest BCUT2D eigenvalue weighted by atomic mass is 10.0. The number of benzene rings is 2. The van der Waals surface area contributed by atoms with Crippen molar-refractivity contribution in [2.45, 2.75) is 33.1 Å². The van der Waals surface area contributed by atoms with E-state index >= 15 is 0 Å². The average Bonchev–Trinajstić information content (AvgIpc) is 2.79. The van der Waals surface area contributed by atoms with Crippen molar-refractivity contribution in [3.8, 4) is 16.9 Å². The molecule has 0 amide bonds. The van der Waals surface area contributed by atoms with Gasteiger partial charge in [0, 0.05) is 21.2 Å². The minimum Gasteiger partial charge on any atom is -0.370 e. The van der Waals surface area contributed by atoms with Crippen LogP contribution in [0, 0.1) is 17.4 Å². The van der Waals surface area contributed by atoms with Gasteiger partial charge in [-0.3, -0.25) is 0 Å². The van der Waals surface area contributed by atoms with Crippen LogP contribution in [0.1, 0.15) is 29.5 Å². The minimum atomic E-state index is 1.01. The number of aryl methyl sites for hydroxylation is 2. The second-order valence-electron chi connectivity index (χ2n) is 6.72. The molecule has 0 atom stereocenters. The molecule has 2 heterocycles. The van der Waals surface area contributed by atoms with Crippen LogP contribution in [0.5, 0.6) is 0 Å². The molecule has 3 aromatic rings. The Hall–Kier alpha value is -1.82. The van der Waals surface area contributed by atoms with Gasteiger partial charge in [0.2, 0.25) is 0 Å². The fourth-order valence-electron chi connectivity index (χ4n) is 3.42. The van der Waals surface area contributed by atoms with E-state index in [1.54, 1.807) is 0 Å². The predicted octanol–water partition coefficient (Wildman–Crippen LogP) is 5.51. The highest BCUT2D eigenvalue weighted by atomic mass is 127. The summed E-state index contributed by atoms with van der Waals surface area (Å²) < 4.78 is 3.35. The van der Waals surface area contributed by atoms with Gasteiger partial charge in [-0.05, 0) is 85.0 Å². The zero-order valence-corrected chi connectivity index (χ0v) is 16.8. The summed E-state index contributed by atoms with van der Waals surface area (Å²) in [6, 6.07) is 15.1. The van der Waals surface area contributed by atoms with E-state index in [2.05, 4.69) is 88.9 Å². The van der Waals surface area contributed by atoms with E-state index in [0.717, 1.165) is 30.2 Å². The molecule has 0 saturated carbocycles. The highest BCUT2D eigenvalue weighted by Gasteiger charge is 2.22. The number of hydrogen-bond acceptors (Lipinski definition) is 2. The quantitative estimate of drug-likeness (QED) is 0.530. The molecule has 0 fully saturated rings. The molecule has 3 nitrogen and oxygen atoms in total. The minimum absolute atomic E-state index is 1.01. The topological polar surface area (TPSA) is 29.9 Å². The van der Waals surface area contributed by atoms with E-state index in [0.29, 0.717) is 0 Å². The standard InChI is InChI=1S/C21H22IN3/c1-14-10-11-16(13-15(14)2)25-21-18(8-5-6-12-23-21)20(24-25)17-7-3-4-9-19(17)22/h3-4,7,9-11,13,23H,5-6,8,12H2,1-2H3. The van der Waals surface area contributed by atoms with Crippen molar-refractivity contribution in [3.63, 3.8) is 0 Å². The molecule has 0 bridgehead atoms. The molecule has 0 unspecified atom stereocenters. The average molecular weight is 443 g/mol. The van der Waals surface area contributed by atoms with Gasteiger partial charge in [-0.15, -0.1) is 0 Å². The molecule has 128 valence electrons. The highest BCUT2D eigenvalue weighted by molar-refractivity contribution is 14.1. The smallest absolute Gasteiger partial charge is 0.133 e. The van der Waals surface area contributed by atoms with Crippen LogP contribution in [-0.2, 0) is 6.42 Å². The van der Waals surface area contributed by atoms with Crippen LogP contribution < -0.4 is 5.32 Å². The van der Waals surface area contributed by atoms with E-state index in [9.17, 15) is 0 Å². The molecule has 2 aromatic carbocycles. The second kappa shape index (κ2) is 6.83. The lowest BCUT2D eigenvalue weighted by molar-refractivity contribution is 0.780. The summed E-state index contributed by atoms with van der Waals surface area (Å²) in [5.41, 5.74) is 7.43. The molecule has 1 aliphatic heterocycles. The number of nitrogens with zero attached hydrogens (tertiary/aromatic N) is 2. The molecule has 0 saturated heterocycles. The van der Waals surface area contributed by atoms with Crippen LogP contribution in [0.2, 0.25) is 0 Å². The van der Waals surface area contributed by atoms with Crippen molar-refractivity contribution >= 4 is 28.4 Å². The first kappa shape index (κ1) is 16.6. The van der Waals surface area contributed by atoms with Crippen LogP contribution in [0.3, 0.4) is 0 Å². The maximum Gasteiger partial charge on any atom is 0.133 e. The predicted molar refractivity (Wildman–Crippen MR) is 113 cm³/mol. The molecule has 4 heteroatoms. The molecule has 1 aliphatic rings. The van der Waals surface area contributed by atoms with E-state index < -0.39 is 0 Å². The van der Waals surface area contributed by atoms with Crippen molar-refractivity contribution in [3.05, 3.63) is 62.7 Å². The van der Waals surface area contributed by atoms with Crippen molar-refractivity contribution in [1.29, 1.82) is 0 Å². The number of halogens is 1. The van der Waals surface area contributed by atoms with Gasteiger partial charge >= 0.3 is 0 Å². The van der Waals surface area contributed by atoms with Gasteiger partial charge < -0.3 is 5.32 Å². The van der Waals surface area contributed by atoms with Crippen LogP contribution in [-0.4, -0.2) is 16.3 Å². The van der Waals surface area contributed by atoms with E-state index in [-0.39, 0.29) is 0 Å². The Morgan fingerprint density at radius 3 is 2.68 bits per heavy atom. The second-order valence-corrected chi connectivity index (χ2v) is 7.88. The SMILES string of the molecule is Cc1ccc(-n2nc(-c3ccccc3I)c3c2NCCCC3)cc1C. The zero-order chi connectivity index (χ0) is 17.4. The fraction of sp³-hybridized carbons (Fsp3) is 0.286. The van der Waals surface area contributed by atoms with Crippen LogP contribution in [0.4, 0.5) is 5.82 Å². The van der Waals surface area contributed by atoms with Crippen LogP contribution in [0.15, 0.2) is 42.5 Å². The van der Waals surface area contributed by atoms with Gasteiger partial charge in [0.15, 0.2) is 0 Å². The van der Waals surface area contributed by atoms with Crippen LogP contribution in [0.25, 0.3) is 16.9 Å². The number of aromatic nitrogens is 2. The molecular weight excluding hydrogens is 421 g/mol. The fourth-order valence-corrected chi connectivity index (χ4v) is 4.06. The van der Waals surface area contributed by atoms with Gasteiger partial charge in [0.05, 0.1) is 11.4 Å². The number of nitrogens with one attached hydrogen (secondary N) is 1. The van der Waals surface area contributed by atoms with Gasteiger partial charge in [-0.2, -0.15) is 5.10 Å². The third-order valence-electron chi connectivity index (χ3n) is 4.99. The summed E-state index contributed by atoms with van der Waals surface area (Å²) in [6.45, 7) is 5.32. The first-order valence-electron chi connectivity index (χ1n) is 8.83. The summed E-state index contributed by atoms with van der Waals surface area (Å²) >= 11 is 2.41. The lowest BCUT2D eigenvalue weighted by Gasteiger charge is -2.10. The molecule has 0 radical (unpaired) electrons. The Bertz CT molecular complexity index is 927. The zero-order valence-electron chi connectivity index (χ0n) is 14.6. The van der Waals surface area contributed by atoms with Gasteiger partial charge in [0.1, 0.15) is 5.82 Å². The summed E-state index contributed by atoms with van der Waals surface area (Å²) in [7, 11) is 0. The Labute approximate surface area is 162 Å². The summed E-state index contributed by atoms with van der Waals surface area (Å²) in [5.74, 6) is 1.16. The number of rotatable bonds is 2. The summed E-state index contributed by atoms with van der Waals surface area (Å²) in [6.07, 6.45) is 3.48. The molecule has 4 rings (SSSR count). The maximum absolute atomic E-state index is 5.05. The number of anilines is 1. The highest BCUT2D eigenvalue weighted by Crippen LogP contribution is 2.35. The molecule has 0 aliphatic carbocycles. The van der Waals surface area contributed by atoms with Crippen molar-refractivity contribution in [2.75, 3.05) is 11.9 Å². The van der Waals surface area contributed by atoms with E-state index in [1.807, 2.05) is 0 Å². The van der Waals surface area contributed by atoms with Gasteiger partial charge in [-0.1, -0.05) is 24.3 Å². The van der Waals surface area contributed by atoms with Crippen molar-refractivity contribution < 1.29 is 0 Å². The summed E-state index contributed by atoms with van der Waals surface area (Å²) in [4.78, 5) is 0. The Kier molecular flexibility index (Phi) is 4.54. The Balaban J connectivity index is 1.93. The molecule has 25 heavy (non-hydrogen) atoms. The third kappa shape index (κ3) is 3.08. The summed E-state index contributed by atoms with van der Waals surface area (Å²) in [5, 5.41) is 8.69. The van der Waals surface area contributed by atoms with Crippen molar-refractivity contribution in [2.24, 2.45) is 0 Å². The number of hydrogen-bond donors (Lipinski definition) is 1. The van der Waals surface area contributed by atoms with Gasteiger partial charge in [0.25, 0.3) is 0 Å².